The number of halogens is 1. The lowest BCUT2D eigenvalue weighted by Crippen LogP contribution is -2.11. The molecule has 5 nitrogen and oxygen atoms in total. The minimum atomic E-state index is -0.353. The van der Waals surface area contributed by atoms with Gasteiger partial charge in [0.05, 0.1) is 0 Å². The van der Waals surface area contributed by atoms with Crippen LogP contribution in [0.4, 0.5) is 5.82 Å². The molecule has 0 saturated carbocycles. The Morgan fingerprint density at radius 1 is 1.19 bits per heavy atom. The number of hydrogen-bond donors (Lipinski definition) is 1. The number of anilines is 1. The summed E-state index contributed by atoms with van der Waals surface area (Å²) >= 11 is 3.30. The molecule has 0 saturated heterocycles. The summed E-state index contributed by atoms with van der Waals surface area (Å²) < 4.78 is 12.2. The van der Waals surface area contributed by atoms with Crippen molar-refractivity contribution in [2.24, 2.45) is 0 Å². The molecule has 0 aliphatic heterocycles. The summed E-state index contributed by atoms with van der Waals surface area (Å²) in [7, 11) is 0. The monoisotopic (exact) mass is 428 g/mol. The number of benzene rings is 1. The molecule has 1 amide bonds. The Morgan fingerprint density at radius 3 is 2.63 bits per heavy atom. The molecule has 3 aromatic rings. The van der Waals surface area contributed by atoms with Crippen molar-refractivity contribution in [2.45, 2.75) is 32.8 Å². The SMILES string of the molecule is CCC(C)c1ccc(OCc2ccc(C(=O)Nc3ccc(Br)cn3)o2)cc1. The topological polar surface area (TPSA) is 64.4 Å². The van der Waals surface area contributed by atoms with Gasteiger partial charge in [0.25, 0.3) is 5.91 Å². The number of amides is 1. The van der Waals surface area contributed by atoms with Gasteiger partial charge in [0.15, 0.2) is 5.76 Å². The van der Waals surface area contributed by atoms with Crippen LogP contribution < -0.4 is 10.1 Å². The molecule has 140 valence electrons. The average Bonchev–Trinajstić information content (AvgIpc) is 3.17. The maximum Gasteiger partial charge on any atom is 0.292 e. The van der Waals surface area contributed by atoms with E-state index in [0.29, 0.717) is 17.5 Å². The van der Waals surface area contributed by atoms with E-state index in [0.717, 1.165) is 16.6 Å². The number of furan rings is 1. The van der Waals surface area contributed by atoms with Gasteiger partial charge in [-0.25, -0.2) is 4.98 Å². The summed E-state index contributed by atoms with van der Waals surface area (Å²) in [6.45, 7) is 4.63. The van der Waals surface area contributed by atoms with Crippen LogP contribution in [0.2, 0.25) is 0 Å². The van der Waals surface area contributed by atoms with Gasteiger partial charge in [-0.2, -0.15) is 0 Å². The van der Waals surface area contributed by atoms with Gasteiger partial charge in [-0.3, -0.25) is 4.79 Å². The van der Waals surface area contributed by atoms with Crippen LogP contribution in [0.15, 0.2) is 63.6 Å². The average molecular weight is 429 g/mol. The Labute approximate surface area is 166 Å². The molecular weight excluding hydrogens is 408 g/mol. The molecule has 1 aromatic carbocycles. The first kappa shape index (κ1) is 19.2. The number of nitrogens with zero attached hydrogens (tertiary/aromatic N) is 1. The predicted molar refractivity (Wildman–Crippen MR) is 108 cm³/mol. The van der Waals surface area contributed by atoms with Crippen LogP contribution in [-0.2, 0) is 6.61 Å². The van der Waals surface area contributed by atoms with E-state index in [1.165, 1.54) is 5.56 Å². The quantitative estimate of drug-likeness (QED) is 0.517. The number of rotatable bonds is 7. The zero-order valence-corrected chi connectivity index (χ0v) is 16.8. The molecule has 0 fully saturated rings. The van der Waals surface area contributed by atoms with Crippen molar-refractivity contribution in [3.05, 3.63) is 76.3 Å². The molecule has 0 aliphatic carbocycles. The highest BCUT2D eigenvalue weighted by molar-refractivity contribution is 9.10. The first-order chi connectivity index (χ1) is 13.0. The van der Waals surface area contributed by atoms with Crippen LogP contribution in [-0.4, -0.2) is 10.9 Å². The van der Waals surface area contributed by atoms with Crippen molar-refractivity contribution in [3.63, 3.8) is 0 Å². The van der Waals surface area contributed by atoms with Gasteiger partial charge in [0.1, 0.15) is 23.9 Å². The summed E-state index contributed by atoms with van der Waals surface area (Å²) in [5.41, 5.74) is 1.29. The summed E-state index contributed by atoms with van der Waals surface area (Å²) in [6, 6.07) is 14.9. The highest BCUT2D eigenvalue weighted by atomic mass is 79.9. The lowest BCUT2D eigenvalue weighted by atomic mass is 9.99. The second-order valence-electron chi connectivity index (χ2n) is 6.25. The lowest BCUT2D eigenvalue weighted by molar-refractivity contribution is 0.0992. The van der Waals surface area contributed by atoms with Crippen LogP contribution in [0.1, 0.15) is 48.1 Å². The third-order valence-corrected chi connectivity index (χ3v) is 4.77. The van der Waals surface area contributed by atoms with Crippen LogP contribution >= 0.6 is 15.9 Å². The Balaban J connectivity index is 1.56. The smallest absolute Gasteiger partial charge is 0.292 e. The molecule has 2 heterocycles. The number of hydrogen-bond acceptors (Lipinski definition) is 4. The first-order valence-electron chi connectivity index (χ1n) is 8.79. The molecule has 1 N–H and O–H groups in total. The zero-order valence-electron chi connectivity index (χ0n) is 15.2. The van der Waals surface area contributed by atoms with Gasteiger partial charge in [-0.1, -0.05) is 26.0 Å². The molecule has 0 spiro atoms. The summed E-state index contributed by atoms with van der Waals surface area (Å²) in [6.07, 6.45) is 2.72. The number of pyridine rings is 1. The van der Waals surface area contributed by atoms with Gasteiger partial charge in [-0.15, -0.1) is 0 Å². The number of aromatic nitrogens is 1. The second kappa shape index (κ2) is 8.86. The van der Waals surface area contributed by atoms with E-state index < -0.39 is 0 Å². The highest BCUT2D eigenvalue weighted by Gasteiger charge is 2.12. The standard InChI is InChI=1S/C21H21BrN2O3/c1-3-14(2)15-4-7-17(8-5-15)26-13-18-9-10-19(27-18)21(25)24-20-11-6-16(22)12-23-20/h4-12,14H,3,13H2,1-2H3,(H,23,24,25). The normalized spacial score (nSPS) is 11.8. The molecule has 2 aromatic heterocycles. The van der Waals surface area contributed by atoms with Crippen molar-refractivity contribution in [3.8, 4) is 5.75 Å². The number of carbonyl (C=O) groups excluding carboxylic acids is 1. The van der Waals surface area contributed by atoms with Crippen molar-refractivity contribution in [1.82, 2.24) is 4.98 Å². The van der Waals surface area contributed by atoms with Gasteiger partial charge in [0, 0.05) is 10.7 Å². The number of carbonyl (C=O) groups is 1. The Kier molecular flexibility index (Phi) is 6.29. The summed E-state index contributed by atoms with van der Waals surface area (Å²) in [5.74, 6) is 2.20. The van der Waals surface area contributed by atoms with E-state index in [-0.39, 0.29) is 18.3 Å². The Bertz CT molecular complexity index is 889. The van der Waals surface area contributed by atoms with Crippen molar-refractivity contribution >= 4 is 27.7 Å². The number of ether oxygens (including phenoxy) is 1. The first-order valence-corrected chi connectivity index (χ1v) is 9.59. The fourth-order valence-electron chi connectivity index (χ4n) is 2.49. The molecule has 6 heteroatoms. The zero-order chi connectivity index (χ0) is 19.2. The van der Waals surface area contributed by atoms with Gasteiger partial charge in [-0.05, 0) is 70.2 Å². The maximum atomic E-state index is 12.2. The molecular formula is C21H21BrN2O3. The van der Waals surface area contributed by atoms with E-state index in [9.17, 15) is 4.79 Å². The van der Waals surface area contributed by atoms with Crippen LogP contribution in [0.25, 0.3) is 0 Å². The van der Waals surface area contributed by atoms with E-state index >= 15 is 0 Å². The molecule has 0 radical (unpaired) electrons. The third kappa shape index (κ3) is 5.20. The van der Waals surface area contributed by atoms with Crippen molar-refractivity contribution < 1.29 is 13.9 Å². The number of nitrogens with one attached hydrogen (secondary N) is 1. The molecule has 1 atom stereocenters. The fraction of sp³-hybridized carbons (Fsp3) is 0.238. The van der Waals surface area contributed by atoms with Crippen LogP contribution in [0.3, 0.4) is 0 Å². The van der Waals surface area contributed by atoms with Gasteiger partial charge >= 0.3 is 0 Å². The van der Waals surface area contributed by atoms with E-state index in [4.69, 9.17) is 9.15 Å². The minimum Gasteiger partial charge on any atom is -0.486 e. The van der Waals surface area contributed by atoms with Crippen molar-refractivity contribution in [2.75, 3.05) is 5.32 Å². The third-order valence-electron chi connectivity index (χ3n) is 4.30. The lowest BCUT2D eigenvalue weighted by Gasteiger charge is -2.10. The summed E-state index contributed by atoms with van der Waals surface area (Å²) in [4.78, 5) is 16.3. The van der Waals surface area contributed by atoms with Gasteiger partial charge in [0.2, 0.25) is 0 Å². The maximum absolute atomic E-state index is 12.2. The van der Waals surface area contributed by atoms with E-state index in [2.05, 4.69) is 52.2 Å². The van der Waals surface area contributed by atoms with E-state index in [1.54, 1.807) is 30.5 Å². The highest BCUT2D eigenvalue weighted by Crippen LogP contribution is 2.22. The predicted octanol–water partition coefficient (Wildman–Crippen LogP) is 5.78. The summed E-state index contributed by atoms with van der Waals surface area (Å²) in [5, 5.41) is 2.69. The van der Waals surface area contributed by atoms with Crippen LogP contribution in [0, 0.1) is 0 Å². The Hall–Kier alpha value is -2.60. The van der Waals surface area contributed by atoms with E-state index in [1.807, 2.05) is 12.1 Å². The molecule has 1 unspecified atom stereocenters. The van der Waals surface area contributed by atoms with Crippen molar-refractivity contribution in [1.29, 1.82) is 0 Å². The van der Waals surface area contributed by atoms with Crippen LogP contribution in [0.5, 0.6) is 5.75 Å². The Morgan fingerprint density at radius 2 is 1.96 bits per heavy atom. The second-order valence-corrected chi connectivity index (χ2v) is 7.16. The molecule has 3 rings (SSSR count). The minimum absolute atomic E-state index is 0.213. The fourth-order valence-corrected chi connectivity index (χ4v) is 2.72. The molecule has 0 bridgehead atoms. The molecule has 27 heavy (non-hydrogen) atoms. The van der Waals surface area contributed by atoms with Gasteiger partial charge < -0.3 is 14.5 Å². The molecule has 0 aliphatic rings. The largest absolute Gasteiger partial charge is 0.486 e.